The van der Waals surface area contributed by atoms with Crippen LogP contribution in [0.4, 0.5) is 0 Å². The summed E-state index contributed by atoms with van der Waals surface area (Å²) in [7, 11) is -1.89. The van der Waals surface area contributed by atoms with Gasteiger partial charge in [-0.3, -0.25) is 0 Å². The molecule has 0 radical (unpaired) electrons. The summed E-state index contributed by atoms with van der Waals surface area (Å²) in [6.45, 7) is 21.6. The molecule has 0 aromatic rings. The van der Waals surface area contributed by atoms with Gasteiger partial charge in [0, 0.05) is 12.8 Å². The minimum absolute atomic E-state index is 0.157. The van der Waals surface area contributed by atoms with Crippen LogP contribution in [0.25, 0.3) is 0 Å². The molecule has 1 rings (SSSR count). The topological polar surface area (TPSA) is 47.9 Å². The Morgan fingerprint density at radius 3 is 2.03 bits per heavy atom. The van der Waals surface area contributed by atoms with E-state index >= 15 is 0 Å². The predicted octanol–water partition coefficient (Wildman–Crippen LogP) is 7.53. The lowest BCUT2D eigenvalue weighted by Crippen LogP contribution is -2.49. The molecule has 0 spiro atoms. The Bertz CT molecular complexity index is 550. The van der Waals surface area contributed by atoms with E-state index in [0.717, 1.165) is 32.1 Å². The highest BCUT2D eigenvalue weighted by Crippen LogP contribution is 2.43. The van der Waals surface area contributed by atoms with E-state index in [2.05, 4.69) is 80.5 Å². The van der Waals surface area contributed by atoms with Crippen LogP contribution in [-0.4, -0.2) is 44.6 Å². The lowest BCUT2D eigenvalue weighted by Gasteiger charge is -2.44. The van der Waals surface area contributed by atoms with Crippen molar-refractivity contribution in [3.8, 4) is 0 Å². The fourth-order valence-corrected chi connectivity index (χ4v) is 11.0. The Kier molecular flexibility index (Phi) is 13.0. The molecule has 0 unspecified atom stereocenters. The Morgan fingerprint density at radius 1 is 1.00 bits per heavy atom. The third kappa shape index (κ3) is 8.71. The second-order valence-electron chi connectivity index (χ2n) is 10.7. The minimum atomic E-state index is -1.89. The zero-order chi connectivity index (χ0) is 24.4. The maximum Gasteiger partial charge on any atom is 0.201 e. The van der Waals surface area contributed by atoms with Gasteiger partial charge in [-0.2, -0.15) is 0 Å². The van der Waals surface area contributed by atoms with E-state index in [0.29, 0.717) is 36.3 Å². The number of hydrogen-bond acceptors (Lipinski definition) is 4. The van der Waals surface area contributed by atoms with E-state index in [1.807, 2.05) is 0 Å². The Balaban J connectivity index is 2.72. The normalized spacial score (nSPS) is 18.8. The van der Waals surface area contributed by atoms with Crippen molar-refractivity contribution in [2.45, 2.75) is 135 Å². The molecule has 1 aliphatic heterocycles. The van der Waals surface area contributed by atoms with E-state index < -0.39 is 20.2 Å². The molecule has 188 valence electrons. The molecule has 32 heavy (non-hydrogen) atoms. The summed E-state index contributed by atoms with van der Waals surface area (Å²) in [5.74, 6) is -0.649. The van der Waals surface area contributed by atoms with Gasteiger partial charge in [-0.25, -0.2) is 0 Å². The fourth-order valence-electron chi connectivity index (χ4n) is 5.37. The van der Waals surface area contributed by atoms with E-state index in [9.17, 15) is 5.11 Å². The van der Waals surface area contributed by atoms with Crippen molar-refractivity contribution >= 4 is 8.32 Å². The van der Waals surface area contributed by atoms with Gasteiger partial charge in [-0.1, -0.05) is 72.3 Å². The highest BCUT2D eigenvalue weighted by Gasteiger charge is 2.46. The molecule has 5 heteroatoms. The number of rotatable bonds is 15. The first-order chi connectivity index (χ1) is 15.0. The predicted molar refractivity (Wildman–Crippen MR) is 139 cm³/mol. The van der Waals surface area contributed by atoms with E-state index in [1.54, 1.807) is 0 Å². The average molecular weight is 469 g/mol. The van der Waals surface area contributed by atoms with Gasteiger partial charge in [0.15, 0.2) is 5.79 Å². The van der Waals surface area contributed by atoms with Gasteiger partial charge in [-0.05, 0) is 56.2 Å². The molecule has 0 aromatic carbocycles. The monoisotopic (exact) mass is 468 g/mol. The average Bonchev–Trinajstić information content (AvgIpc) is 3.14. The van der Waals surface area contributed by atoms with Crippen molar-refractivity contribution in [1.82, 2.24) is 0 Å². The van der Waals surface area contributed by atoms with Crippen molar-refractivity contribution in [3.05, 3.63) is 23.8 Å². The molecule has 1 N–H and O–H groups in total. The summed E-state index contributed by atoms with van der Waals surface area (Å²) in [6, 6.07) is 0. The first-order valence-electron chi connectivity index (χ1n) is 12.9. The molecular formula is C27H52O4Si. The molecule has 2 atom stereocenters. The maximum absolute atomic E-state index is 10.5. The first kappa shape index (κ1) is 29.6. The van der Waals surface area contributed by atoms with Gasteiger partial charge >= 0.3 is 0 Å². The van der Waals surface area contributed by atoms with Gasteiger partial charge in [-0.15, -0.1) is 0 Å². The van der Waals surface area contributed by atoms with Gasteiger partial charge in [0.25, 0.3) is 0 Å². The Labute approximate surface area is 199 Å². The number of aliphatic hydroxyl groups is 1. The summed E-state index contributed by atoms with van der Waals surface area (Å²) in [5, 5.41) is 10.5. The molecule has 4 nitrogen and oxygen atoms in total. The van der Waals surface area contributed by atoms with Crippen molar-refractivity contribution in [3.63, 3.8) is 0 Å². The standard InChI is InChI=1S/C27H52O4Si/c1-10-26(31-32(22(4)5,23(6)7)24(8)9)16-11-12-17-27(29-18-19-30-27)20-25(28)15-13-14-21(2)3/h11,14,16,22-26,28H,10,12-13,15,17-20H2,1-9H3/t25-,26+/m1/s1. The molecule has 1 fully saturated rings. The van der Waals surface area contributed by atoms with Crippen LogP contribution >= 0.6 is 0 Å². The summed E-state index contributed by atoms with van der Waals surface area (Å²) >= 11 is 0. The molecule has 1 aliphatic rings. The molecule has 1 saturated heterocycles. The van der Waals surface area contributed by atoms with Crippen molar-refractivity contribution in [2.24, 2.45) is 0 Å². The van der Waals surface area contributed by atoms with Crippen LogP contribution in [0.15, 0.2) is 23.8 Å². The summed E-state index contributed by atoms with van der Waals surface area (Å²) in [5.41, 5.74) is 3.04. The minimum Gasteiger partial charge on any atom is -0.410 e. The summed E-state index contributed by atoms with van der Waals surface area (Å²) < 4.78 is 18.9. The fraction of sp³-hybridized carbons (Fsp3) is 0.852. The highest BCUT2D eigenvalue weighted by atomic mass is 28.4. The van der Waals surface area contributed by atoms with Crippen LogP contribution in [0, 0.1) is 0 Å². The van der Waals surface area contributed by atoms with Gasteiger partial charge < -0.3 is 19.0 Å². The molecular weight excluding hydrogens is 416 g/mol. The third-order valence-corrected chi connectivity index (χ3v) is 13.0. The molecule has 0 aromatic heterocycles. The smallest absolute Gasteiger partial charge is 0.201 e. The molecule has 0 aliphatic carbocycles. The maximum atomic E-state index is 10.5. The van der Waals surface area contributed by atoms with E-state index in [4.69, 9.17) is 13.9 Å². The van der Waals surface area contributed by atoms with Crippen LogP contribution in [0.2, 0.25) is 16.6 Å². The number of ether oxygens (including phenoxy) is 2. The van der Waals surface area contributed by atoms with Gasteiger partial charge in [0.2, 0.25) is 8.32 Å². The zero-order valence-electron chi connectivity index (χ0n) is 22.4. The van der Waals surface area contributed by atoms with Crippen LogP contribution in [-0.2, 0) is 13.9 Å². The second-order valence-corrected chi connectivity index (χ2v) is 16.1. The highest BCUT2D eigenvalue weighted by molar-refractivity contribution is 6.77. The van der Waals surface area contributed by atoms with Crippen LogP contribution in [0.1, 0.15) is 101 Å². The number of allylic oxidation sites excluding steroid dienone is 3. The van der Waals surface area contributed by atoms with Crippen LogP contribution in [0.3, 0.4) is 0 Å². The quantitative estimate of drug-likeness (QED) is 0.199. The SMILES string of the molecule is CC[C@@H](C=CCCC1(C[C@H](O)CCC=C(C)C)OCCO1)O[Si](C(C)C)(C(C)C)C(C)C. The molecule has 1 heterocycles. The van der Waals surface area contributed by atoms with Gasteiger partial charge in [0.1, 0.15) is 0 Å². The van der Waals surface area contributed by atoms with Crippen molar-refractivity contribution < 1.29 is 19.0 Å². The van der Waals surface area contributed by atoms with Gasteiger partial charge in [0.05, 0.1) is 25.4 Å². The third-order valence-electron chi connectivity index (χ3n) is 6.92. The van der Waals surface area contributed by atoms with Crippen LogP contribution < -0.4 is 0 Å². The number of aliphatic hydroxyl groups excluding tert-OH is 1. The molecule has 0 saturated carbocycles. The van der Waals surface area contributed by atoms with Crippen molar-refractivity contribution in [2.75, 3.05) is 13.2 Å². The van der Waals surface area contributed by atoms with E-state index in [1.165, 1.54) is 5.57 Å². The first-order valence-corrected chi connectivity index (χ1v) is 15.1. The summed E-state index contributed by atoms with van der Waals surface area (Å²) in [6.07, 6.45) is 11.2. The largest absolute Gasteiger partial charge is 0.410 e. The Hall–Kier alpha value is -0.463. The zero-order valence-corrected chi connectivity index (χ0v) is 23.4. The summed E-state index contributed by atoms with van der Waals surface area (Å²) in [4.78, 5) is 0. The lowest BCUT2D eigenvalue weighted by atomic mass is 9.99. The molecule has 0 amide bonds. The second kappa shape index (κ2) is 14.1. The lowest BCUT2D eigenvalue weighted by molar-refractivity contribution is -0.181. The number of hydrogen-bond donors (Lipinski definition) is 1. The van der Waals surface area contributed by atoms with Crippen LogP contribution in [0.5, 0.6) is 0 Å². The van der Waals surface area contributed by atoms with E-state index in [-0.39, 0.29) is 6.10 Å². The Morgan fingerprint density at radius 2 is 1.56 bits per heavy atom. The van der Waals surface area contributed by atoms with Crippen molar-refractivity contribution in [1.29, 1.82) is 0 Å². The molecule has 0 bridgehead atoms.